The Balaban J connectivity index is 1.30. The molecule has 0 bridgehead atoms. The van der Waals surface area contributed by atoms with Gasteiger partial charge in [0.2, 0.25) is 0 Å². The first-order valence-corrected chi connectivity index (χ1v) is 17.3. The number of ether oxygens (including phenoxy) is 2. The smallest absolute Gasteiger partial charge is 0.350 e. The van der Waals surface area contributed by atoms with Crippen LogP contribution in [0.1, 0.15) is 18.1 Å². The van der Waals surface area contributed by atoms with E-state index in [-0.39, 0.29) is 72.8 Å². The van der Waals surface area contributed by atoms with Crippen molar-refractivity contribution in [2.45, 2.75) is 39.6 Å². The molecule has 0 aliphatic carbocycles. The van der Waals surface area contributed by atoms with Crippen molar-refractivity contribution in [1.29, 1.82) is 5.26 Å². The second-order valence-corrected chi connectivity index (χ2v) is 14.5. The summed E-state index contributed by atoms with van der Waals surface area (Å²) in [6.07, 6.45) is 0. The molecule has 0 saturated carbocycles. The number of hydrazine groups is 1. The lowest BCUT2D eigenvalue weighted by molar-refractivity contribution is -0.149. The van der Waals surface area contributed by atoms with E-state index in [0.29, 0.717) is 10.8 Å². The Bertz CT molecular complexity index is 1740. The molecule has 0 unspecified atom stereocenters. The Morgan fingerprint density at radius 2 is 1.26 bits per heavy atom. The predicted octanol–water partition coefficient (Wildman–Crippen LogP) is 6.01. The van der Waals surface area contributed by atoms with Crippen molar-refractivity contribution in [2.24, 2.45) is 0 Å². The molecule has 2 amide bonds. The second-order valence-electron chi connectivity index (χ2n) is 9.89. The number of fused-ring (bicyclic) bond motifs is 2. The normalized spacial score (nSPS) is 15.3. The number of nitrogens with zero attached hydrogens (tertiary/aromatic N) is 3. The minimum atomic E-state index is -0.828. The van der Waals surface area contributed by atoms with E-state index in [0.717, 1.165) is 58.2 Å². The first kappa shape index (κ1) is 32.0. The molecule has 3 aliphatic rings. The van der Waals surface area contributed by atoms with Crippen LogP contribution in [0.15, 0.2) is 99.9 Å². The third kappa shape index (κ3) is 6.08. The number of phenolic OH excluding ortho intramolecular Hbond substituents is 2. The summed E-state index contributed by atoms with van der Waals surface area (Å²) in [5.41, 5.74) is 1.41. The van der Waals surface area contributed by atoms with Crippen LogP contribution >= 0.6 is 47.0 Å². The van der Waals surface area contributed by atoms with E-state index in [1.165, 1.54) is 10.0 Å². The molecule has 234 valence electrons. The monoisotopic (exact) mass is 691 g/mol. The number of amides is 2. The van der Waals surface area contributed by atoms with Gasteiger partial charge in [0.15, 0.2) is 5.57 Å². The minimum absolute atomic E-state index is 0.0219. The maximum absolute atomic E-state index is 13.9. The summed E-state index contributed by atoms with van der Waals surface area (Å²) in [5.74, 6) is -2.13. The maximum atomic E-state index is 13.9. The highest BCUT2D eigenvalue weighted by Crippen LogP contribution is 2.68. The van der Waals surface area contributed by atoms with E-state index in [9.17, 15) is 29.9 Å². The quantitative estimate of drug-likeness (QED) is 0.0679. The predicted molar refractivity (Wildman–Crippen MR) is 174 cm³/mol. The lowest BCUT2D eigenvalue weighted by Crippen LogP contribution is -2.39. The van der Waals surface area contributed by atoms with Crippen molar-refractivity contribution >= 4 is 64.8 Å². The van der Waals surface area contributed by atoms with Gasteiger partial charge in [-0.2, -0.15) is 5.26 Å². The number of hydrogen-bond acceptors (Lipinski definition) is 12. The summed E-state index contributed by atoms with van der Waals surface area (Å²) in [5, 5.41) is 35.2. The van der Waals surface area contributed by atoms with Crippen molar-refractivity contribution in [2.75, 3.05) is 19.8 Å². The fraction of sp³-hybridized carbons (Fsp3) is 0.188. The molecule has 1 saturated heterocycles. The Hall–Kier alpha value is -4.00. The molecule has 0 atom stereocenters. The van der Waals surface area contributed by atoms with Crippen LogP contribution < -0.4 is 0 Å². The molecule has 10 nitrogen and oxygen atoms in total. The highest BCUT2D eigenvalue weighted by atomic mass is 32.2. The first-order valence-electron chi connectivity index (χ1n) is 14.0. The fourth-order valence-electron chi connectivity index (χ4n) is 4.79. The maximum Gasteiger partial charge on any atom is 0.350 e. The van der Waals surface area contributed by atoms with Crippen LogP contribution in [0.2, 0.25) is 0 Å². The van der Waals surface area contributed by atoms with Gasteiger partial charge in [-0.05, 0) is 18.1 Å². The molecular formula is C32H25N3O7S4. The lowest BCUT2D eigenvalue weighted by atomic mass is 10.2. The number of rotatable bonds is 9. The Morgan fingerprint density at radius 3 is 1.72 bits per heavy atom. The van der Waals surface area contributed by atoms with Crippen molar-refractivity contribution < 1.29 is 34.1 Å². The second kappa shape index (κ2) is 13.8. The van der Waals surface area contributed by atoms with Gasteiger partial charge in [0.25, 0.3) is 11.8 Å². The topological polar surface area (TPSA) is 140 Å². The van der Waals surface area contributed by atoms with Crippen LogP contribution in [0.25, 0.3) is 0 Å². The van der Waals surface area contributed by atoms with Gasteiger partial charge in [0.05, 0.1) is 47.8 Å². The van der Waals surface area contributed by atoms with Gasteiger partial charge in [0, 0.05) is 6.61 Å². The van der Waals surface area contributed by atoms with E-state index in [1.807, 2.05) is 73.7 Å². The van der Waals surface area contributed by atoms with Crippen LogP contribution in [0.3, 0.4) is 0 Å². The number of carbonyl (C=O) groups excluding carboxylic acids is 3. The molecule has 2 N–H and O–H groups in total. The Kier molecular flexibility index (Phi) is 9.57. The van der Waals surface area contributed by atoms with Crippen molar-refractivity contribution in [1.82, 2.24) is 10.0 Å². The molecular weight excluding hydrogens is 667 g/mol. The van der Waals surface area contributed by atoms with E-state index in [1.54, 1.807) is 0 Å². The van der Waals surface area contributed by atoms with Gasteiger partial charge >= 0.3 is 5.97 Å². The molecule has 3 aliphatic heterocycles. The number of aromatic hydroxyl groups is 2. The minimum Gasteiger partial charge on any atom is -0.505 e. The largest absolute Gasteiger partial charge is 0.505 e. The lowest BCUT2D eigenvalue weighted by Gasteiger charge is -2.27. The summed E-state index contributed by atoms with van der Waals surface area (Å²) < 4.78 is 10.9. The zero-order valence-corrected chi connectivity index (χ0v) is 27.5. The molecule has 3 heterocycles. The van der Waals surface area contributed by atoms with Crippen molar-refractivity contribution in [3.05, 3.63) is 91.4 Å². The molecule has 3 aromatic carbocycles. The summed E-state index contributed by atoms with van der Waals surface area (Å²) in [4.78, 5) is 41.5. The van der Waals surface area contributed by atoms with Crippen LogP contribution in [0.4, 0.5) is 0 Å². The van der Waals surface area contributed by atoms with Crippen LogP contribution in [0.5, 0.6) is 11.5 Å². The number of benzene rings is 3. The first-order chi connectivity index (χ1) is 22.3. The molecule has 14 heteroatoms. The highest BCUT2D eigenvalue weighted by molar-refractivity contribution is 8.26. The van der Waals surface area contributed by atoms with Gasteiger partial charge in [-0.3, -0.25) is 9.59 Å². The highest BCUT2D eigenvalue weighted by Gasteiger charge is 2.46. The molecule has 0 radical (unpaired) electrons. The van der Waals surface area contributed by atoms with Crippen LogP contribution in [-0.2, 0) is 36.9 Å². The van der Waals surface area contributed by atoms with Crippen molar-refractivity contribution in [3.8, 4) is 17.6 Å². The number of thioether (sulfide) groups is 4. The number of phenols is 2. The van der Waals surface area contributed by atoms with Gasteiger partial charge in [-0.15, -0.1) is 0 Å². The summed E-state index contributed by atoms with van der Waals surface area (Å²) in [6.45, 7) is 2.80. The number of carbonyl (C=O) groups is 3. The Labute approximate surface area is 281 Å². The zero-order chi connectivity index (χ0) is 32.4. The molecule has 6 rings (SSSR count). The molecule has 0 aromatic heterocycles. The third-order valence-electron chi connectivity index (χ3n) is 6.98. The van der Waals surface area contributed by atoms with E-state index >= 15 is 0 Å². The summed E-state index contributed by atoms with van der Waals surface area (Å²) in [7, 11) is 0. The van der Waals surface area contributed by atoms with Gasteiger partial charge in [-0.1, -0.05) is 108 Å². The number of esters is 1. The molecule has 3 aromatic rings. The average Bonchev–Trinajstić information content (AvgIpc) is 3.76. The van der Waals surface area contributed by atoms with E-state index < -0.39 is 17.8 Å². The summed E-state index contributed by atoms with van der Waals surface area (Å²) >= 11 is 4.01. The number of hydrogen-bond donors (Lipinski definition) is 2. The van der Waals surface area contributed by atoms with E-state index in [2.05, 4.69) is 0 Å². The molecule has 1 fully saturated rings. The van der Waals surface area contributed by atoms with Gasteiger partial charge in [-0.25, -0.2) is 14.8 Å². The van der Waals surface area contributed by atoms with Crippen molar-refractivity contribution in [3.63, 3.8) is 0 Å². The molecule has 46 heavy (non-hydrogen) atoms. The van der Waals surface area contributed by atoms with Gasteiger partial charge in [0.1, 0.15) is 29.7 Å². The zero-order valence-electron chi connectivity index (χ0n) is 24.2. The number of nitriles is 1. The van der Waals surface area contributed by atoms with Crippen LogP contribution in [0, 0.1) is 11.3 Å². The van der Waals surface area contributed by atoms with Crippen LogP contribution in [-0.4, -0.2) is 57.8 Å². The van der Waals surface area contributed by atoms with E-state index in [4.69, 9.17) is 9.47 Å². The molecule has 0 spiro atoms. The standard InChI is InChI=1S/C32H25N3O7S4/c1-2-41-13-14-42-30(40)20(15-33)31-43-24-22(36)26-27(23(37)25(24)44-31)46-32(45-26)21-28(38)34(16-18-9-5-3-6-10-18)35(29(21)39)17-19-11-7-4-8-12-19/h3-12,36-37H,2,13-14,16-17H2,1H3. The third-order valence-corrected chi connectivity index (χ3v) is 12.2. The fourth-order valence-corrected chi connectivity index (χ4v) is 10.1. The SMILES string of the molecule is CCOCCOC(=O)C(C#N)=C1Sc2c(O)c3c(c(O)c2S1)SC(=C1C(=O)N(Cc2ccccc2)N(Cc2ccccc2)C1=O)S3. The summed E-state index contributed by atoms with van der Waals surface area (Å²) in [6, 6.07) is 20.6. The van der Waals surface area contributed by atoms with Gasteiger partial charge < -0.3 is 19.7 Å². The average molecular weight is 692 g/mol. The Morgan fingerprint density at radius 1 is 0.783 bits per heavy atom.